The van der Waals surface area contributed by atoms with E-state index in [4.69, 9.17) is 0 Å². The quantitative estimate of drug-likeness (QED) is 0.871. The number of rotatable bonds is 2. The van der Waals surface area contributed by atoms with Gasteiger partial charge >= 0.3 is 0 Å². The summed E-state index contributed by atoms with van der Waals surface area (Å²) in [5, 5.41) is 9.36. The van der Waals surface area contributed by atoms with Crippen LogP contribution in [0.4, 0.5) is 10.1 Å². The van der Waals surface area contributed by atoms with Gasteiger partial charge in [0, 0.05) is 35.4 Å². The third kappa shape index (κ3) is 2.84. The minimum absolute atomic E-state index is 0.323. The second-order valence-electron chi connectivity index (χ2n) is 4.22. The first-order valence-electron chi connectivity index (χ1n) is 5.65. The predicted molar refractivity (Wildman–Crippen MR) is 67.1 cm³/mol. The normalized spacial score (nSPS) is 19.4. The first kappa shape index (κ1) is 12.5. The molecule has 0 aromatic heterocycles. The van der Waals surface area contributed by atoms with Gasteiger partial charge in [0.25, 0.3) is 0 Å². The van der Waals surface area contributed by atoms with E-state index in [-0.39, 0.29) is 5.82 Å². The largest absolute Gasteiger partial charge is 0.389 e. The molecule has 1 aromatic rings. The van der Waals surface area contributed by atoms with Crippen LogP contribution in [0.5, 0.6) is 0 Å². The van der Waals surface area contributed by atoms with Gasteiger partial charge in [0.15, 0.2) is 0 Å². The lowest BCUT2D eigenvalue weighted by Gasteiger charge is -2.29. The van der Waals surface area contributed by atoms with Crippen LogP contribution >= 0.6 is 0 Å². The van der Waals surface area contributed by atoms with Crippen LogP contribution in [0, 0.1) is 5.82 Å². The van der Waals surface area contributed by atoms with E-state index in [2.05, 4.69) is 0 Å². The lowest BCUT2D eigenvalue weighted by atomic mass is 10.1. The van der Waals surface area contributed by atoms with Crippen molar-refractivity contribution < 1.29 is 13.7 Å². The highest BCUT2D eigenvalue weighted by molar-refractivity contribution is 7.85. The number of hydrogen-bond donors (Lipinski definition) is 1. The molecule has 1 aliphatic rings. The van der Waals surface area contributed by atoms with Crippen LogP contribution in [0.25, 0.3) is 0 Å². The SMILES string of the molecule is CC(O)c1ccc(N2CCS(=O)CC2)c(F)c1. The van der Waals surface area contributed by atoms with Crippen molar-refractivity contribution in [3.05, 3.63) is 29.6 Å². The molecular formula is C12H16FNO2S. The molecule has 1 atom stereocenters. The van der Waals surface area contributed by atoms with Crippen molar-refractivity contribution in [1.82, 2.24) is 0 Å². The van der Waals surface area contributed by atoms with E-state index in [1.807, 2.05) is 4.90 Å². The Morgan fingerprint density at radius 1 is 1.41 bits per heavy atom. The maximum Gasteiger partial charge on any atom is 0.146 e. The zero-order valence-electron chi connectivity index (χ0n) is 9.73. The summed E-state index contributed by atoms with van der Waals surface area (Å²) in [6.07, 6.45) is -0.660. The fraction of sp³-hybridized carbons (Fsp3) is 0.500. The van der Waals surface area contributed by atoms with Crippen molar-refractivity contribution in [2.75, 3.05) is 29.5 Å². The number of hydrogen-bond acceptors (Lipinski definition) is 3. The molecule has 1 N–H and O–H groups in total. The topological polar surface area (TPSA) is 40.5 Å². The molecule has 3 nitrogen and oxygen atoms in total. The van der Waals surface area contributed by atoms with E-state index in [1.165, 1.54) is 6.07 Å². The van der Waals surface area contributed by atoms with Crippen molar-refractivity contribution in [2.45, 2.75) is 13.0 Å². The summed E-state index contributed by atoms with van der Waals surface area (Å²) >= 11 is 0. The van der Waals surface area contributed by atoms with Crippen LogP contribution in [-0.4, -0.2) is 33.9 Å². The van der Waals surface area contributed by atoms with Gasteiger partial charge in [0.05, 0.1) is 11.8 Å². The summed E-state index contributed by atoms with van der Waals surface area (Å²) in [4.78, 5) is 1.91. The predicted octanol–water partition coefficient (Wildman–Crippen LogP) is 1.45. The maximum atomic E-state index is 13.9. The van der Waals surface area contributed by atoms with E-state index in [0.717, 1.165) is 0 Å². The third-order valence-corrected chi connectivity index (χ3v) is 4.25. The maximum absolute atomic E-state index is 13.9. The number of anilines is 1. The number of benzene rings is 1. The molecule has 0 aliphatic carbocycles. The van der Waals surface area contributed by atoms with Gasteiger partial charge in [0.1, 0.15) is 5.82 Å². The summed E-state index contributed by atoms with van der Waals surface area (Å²) in [6.45, 7) is 2.85. The lowest BCUT2D eigenvalue weighted by molar-refractivity contribution is 0.199. The van der Waals surface area contributed by atoms with Crippen LogP contribution in [0.3, 0.4) is 0 Å². The highest BCUT2D eigenvalue weighted by Gasteiger charge is 2.18. The summed E-state index contributed by atoms with van der Waals surface area (Å²) in [7, 11) is -0.757. The third-order valence-electron chi connectivity index (χ3n) is 2.97. The zero-order valence-corrected chi connectivity index (χ0v) is 10.5. The molecule has 0 saturated carbocycles. The standard InChI is InChI=1S/C12H16FNO2S/c1-9(15)10-2-3-12(11(13)8-10)14-4-6-17(16)7-5-14/h2-3,8-9,15H,4-7H2,1H3. The van der Waals surface area contributed by atoms with E-state index < -0.39 is 16.9 Å². The van der Waals surface area contributed by atoms with Crippen molar-refractivity contribution in [3.8, 4) is 0 Å². The van der Waals surface area contributed by atoms with Gasteiger partial charge in [-0.15, -0.1) is 0 Å². The molecule has 0 spiro atoms. The Morgan fingerprint density at radius 2 is 2.06 bits per heavy atom. The first-order valence-corrected chi connectivity index (χ1v) is 7.14. The molecule has 1 aromatic carbocycles. The van der Waals surface area contributed by atoms with Gasteiger partial charge in [-0.05, 0) is 24.6 Å². The van der Waals surface area contributed by atoms with E-state index in [0.29, 0.717) is 35.8 Å². The molecule has 0 amide bonds. The number of aliphatic hydroxyl groups is 1. The molecule has 2 rings (SSSR count). The average molecular weight is 257 g/mol. The van der Waals surface area contributed by atoms with Gasteiger partial charge in [-0.1, -0.05) is 6.07 Å². The van der Waals surface area contributed by atoms with Crippen LogP contribution in [0.15, 0.2) is 18.2 Å². The fourth-order valence-electron chi connectivity index (χ4n) is 1.92. The van der Waals surface area contributed by atoms with Gasteiger partial charge < -0.3 is 10.0 Å². The summed E-state index contributed by atoms with van der Waals surface area (Å²) in [6, 6.07) is 4.78. The molecule has 1 aliphatic heterocycles. The summed E-state index contributed by atoms with van der Waals surface area (Å²) in [5.74, 6) is 0.867. The Labute approximate surface area is 103 Å². The zero-order chi connectivity index (χ0) is 12.4. The van der Waals surface area contributed by atoms with Crippen molar-refractivity contribution in [2.24, 2.45) is 0 Å². The number of aliphatic hydroxyl groups excluding tert-OH is 1. The molecule has 5 heteroatoms. The molecule has 1 unspecified atom stereocenters. The Bertz CT molecular complexity index is 427. The molecular weight excluding hydrogens is 241 g/mol. The van der Waals surface area contributed by atoms with Crippen molar-refractivity contribution in [3.63, 3.8) is 0 Å². The summed E-state index contributed by atoms with van der Waals surface area (Å²) in [5.41, 5.74) is 1.11. The highest BCUT2D eigenvalue weighted by Crippen LogP contribution is 2.24. The van der Waals surface area contributed by atoms with Crippen molar-refractivity contribution >= 4 is 16.5 Å². The lowest BCUT2D eigenvalue weighted by Crippen LogP contribution is -2.38. The molecule has 0 bridgehead atoms. The Morgan fingerprint density at radius 3 is 2.59 bits per heavy atom. The highest BCUT2D eigenvalue weighted by atomic mass is 32.2. The first-order chi connectivity index (χ1) is 8.08. The van der Waals surface area contributed by atoms with Gasteiger partial charge in [-0.25, -0.2) is 4.39 Å². The molecule has 0 radical (unpaired) electrons. The van der Waals surface area contributed by atoms with Gasteiger partial charge in [-0.2, -0.15) is 0 Å². The molecule has 17 heavy (non-hydrogen) atoms. The van der Waals surface area contributed by atoms with Gasteiger partial charge in [0.2, 0.25) is 0 Å². The van der Waals surface area contributed by atoms with Crippen LogP contribution < -0.4 is 4.90 Å². The second-order valence-corrected chi connectivity index (χ2v) is 5.92. The molecule has 94 valence electrons. The monoisotopic (exact) mass is 257 g/mol. The summed E-state index contributed by atoms with van der Waals surface area (Å²) < 4.78 is 25.1. The minimum Gasteiger partial charge on any atom is -0.389 e. The van der Waals surface area contributed by atoms with E-state index in [1.54, 1.807) is 19.1 Å². The van der Waals surface area contributed by atoms with Crippen molar-refractivity contribution in [1.29, 1.82) is 0 Å². The number of halogens is 1. The fourth-order valence-corrected chi connectivity index (χ4v) is 2.97. The number of nitrogens with zero attached hydrogens (tertiary/aromatic N) is 1. The Hall–Kier alpha value is -0.940. The smallest absolute Gasteiger partial charge is 0.146 e. The second kappa shape index (κ2) is 5.14. The van der Waals surface area contributed by atoms with E-state index in [9.17, 15) is 13.7 Å². The Kier molecular flexibility index (Phi) is 3.79. The average Bonchev–Trinajstić information content (AvgIpc) is 2.30. The molecule has 1 fully saturated rings. The van der Waals surface area contributed by atoms with Gasteiger partial charge in [-0.3, -0.25) is 4.21 Å². The molecule has 1 heterocycles. The minimum atomic E-state index is -0.757. The van der Waals surface area contributed by atoms with Crippen LogP contribution in [-0.2, 0) is 10.8 Å². The van der Waals surface area contributed by atoms with Crippen LogP contribution in [0.1, 0.15) is 18.6 Å². The Balaban J connectivity index is 2.19. The van der Waals surface area contributed by atoms with E-state index >= 15 is 0 Å². The molecule has 1 saturated heterocycles. The van der Waals surface area contributed by atoms with Crippen LogP contribution in [0.2, 0.25) is 0 Å².